The number of nitrogens with two attached hydrogens (primary N) is 2. The molecule has 2 aliphatic rings. The molecular weight excluding hydrogens is 574 g/mol. The van der Waals surface area contributed by atoms with Gasteiger partial charge in [0.2, 0.25) is 5.96 Å². The van der Waals surface area contributed by atoms with Crippen molar-refractivity contribution in [1.29, 1.82) is 5.41 Å². The fourth-order valence-corrected chi connectivity index (χ4v) is 5.55. The summed E-state index contributed by atoms with van der Waals surface area (Å²) in [5.74, 6) is 0.347. The zero-order valence-corrected chi connectivity index (χ0v) is 26.4. The monoisotopic (exact) mass is 619 g/mol. The summed E-state index contributed by atoms with van der Waals surface area (Å²) in [6, 6.07) is 4.99. The van der Waals surface area contributed by atoms with Crippen molar-refractivity contribution < 1.29 is 22.8 Å². The van der Waals surface area contributed by atoms with E-state index in [1.807, 2.05) is 13.8 Å². The number of benzene rings is 1. The fourth-order valence-electron chi connectivity index (χ4n) is 4.64. The predicted octanol–water partition coefficient (Wildman–Crippen LogP) is 1.83. The van der Waals surface area contributed by atoms with Crippen LogP contribution in [-0.4, -0.2) is 81.3 Å². The molecule has 0 unspecified atom stereocenters. The highest BCUT2D eigenvalue weighted by molar-refractivity contribution is 7.90. The normalized spacial score (nSPS) is 18.9. The molecule has 1 aromatic carbocycles. The molecule has 0 spiro atoms. The highest BCUT2D eigenvalue weighted by atomic mass is 32.2. The van der Waals surface area contributed by atoms with Crippen LogP contribution in [0.2, 0.25) is 0 Å². The molecule has 1 fully saturated rings. The predicted molar refractivity (Wildman–Crippen MR) is 166 cm³/mol. The third kappa shape index (κ3) is 10.9. The van der Waals surface area contributed by atoms with E-state index in [-0.39, 0.29) is 28.8 Å². The van der Waals surface area contributed by atoms with Crippen LogP contribution in [0, 0.1) is 11.3 Å². The van der Waals surface area contributed by atoms with E-state index in [4.69, 9.17) is 16.9 Å². The van der Waals surface area contributed by atoms with Crippen molar-refractivity contribution >= 4 is 39.9 Å². The van der Waals surface area contributed by atoms with E-state index in [1.165, 1.54) is 17.0 Å². The van der Waals surface area contributed by atoms with Gasteiger partial charge in [0, 0.05) is 32.3 Å². The number of hydrogen-bond acceptors (Lipinski definition) is 6. The third-order valence-corrected chi connectivity index (χ3v) is 8.55. The molecule has 0 radical (unpaired) electrons. The van der Waals surface area contributed by atoms with Gasteiger partial charge in [0.05, 0.1) is 11.4 Å². The van der Waals surface area contributed by atoms with E-state index in [0.29, 0.717) is 37.4 Å². The number of nitrogens with zero attached hydrogens (tertiary/aromatic N) is 3. The Balaban J connectivity index is 0.000000621. The first-order chi connectivity index (χ1) is 20.1. The maximum atomic E-state index is 12.5. The van der Waals surface area contributed by atoms with Gasteiger partial charge in [0.25, 0.3) is 15.9 Å². The number of urea groups is 2. The van der Waals surface area contributed by atoms with Crippen molar-refractivity contribution in [3.05, 3.63) is 41.0 Å². The van der Waals surface area contributed by atoms with E-state index >= 15 is 0 Å². The topological polar surface area (TPSA) is 216 Å². The molecule has 1 aromatic rings. The highest BCUT2D eigenvalue weighted by Crippen LogP contribution is 2.23. The van der Waals surface area contributed by atoms with Gasteiger partial charge in [-0.1, -0.05) is 26.0 Å². The first kappa shape index (κ1) is 35.1. The molecular formula is C28H45N9O5S. The van der Waals surface area contributed by atoms with Crippen molar-refractivity contribution in [2.75, 3.05) is 27.2 Å². The van der Waals surface area contributed by atoms with Gasteiger partial charge in [-0.2, -0.15) is 4.99 Å². The Kier molecular flexibility index (Phi) is 13.0. The Morgan fingerprint density at radius 3 is 2.21 bits per heavy atom. The molecule has 15 heteroatoms. The SMILES string of the molecule is CCC1=C(C)CN(C(=O)NCCc2ccc(S(=O)(=O)NC(=O)NC3CCC(C)CC3)cc2)C1=O.CN(C)C(N)=NC(=N)N. The minimum atomic E-state index is -3.98. The Morgan fingerprint density at radius 2 is 1.72 bits per heavy atom. The Bertz CT molecular complexity index is 1330. The van der Waals surface area contributed by atoms with Crippen molar-refractivity contribution in [3.8, 4) is 0 Å². The number of aliphatic imine (C=N–C) groups is 1. The number of nitrogens with one attached hydrogen (secondary N) is 4. The highest BCUT2D eigenvalue weighted by Gasteiger charge is 2.31. The smallest absolute Gasteiger partial charge is 0.328 e. The van der Waals surface area contributed by atoms with Crippen LogP contribution in [0.15, 0.2) is 45.3 Å². The summed E-state index contributed by atoms with van der Waals surface area (Å²) in [5.41, 5.74) is 12.6. The third-order valence-electron chi connectivity index (χ3n) is 7.21. The minimum absolute atomic E-state index is 0.00639. The second kappa shape index (κ2) is 15.9. The van der Waals surface area contributed by atoms with Crippen LogP contribution in [0.4, 0.5) is 9.59 Å². The van der Waals surface area contributed by atoms with Crippen molar-refractivity contribution in [1.82, 2.24) is 25.2 Å². The molecule has 43 heavy (non-hydrogen) atoms. The first-order valence-corrected chi connectivity index (χ1v) is 15.7. The second-order valence-corrected chi connectivity index (χ2v) is 12.6. The fraction of sp³-hybridized carbons (Fsp3) is 0.536. The van der Waals surface area contributed by atoms with Gasteiger partial charge < -0.3 is 27.0 Å². The summed E-state index contributed by atoms with van der Waals surface area (Å²) in [5, 5.41) is 12.2. The molecule has 0 saturated heterocycles. The number of sulfonamides is 1. The van der Waals surface area contributed by atoms with Gasteiger partial charge in [-0.15, -0.1) is 0 Å². The average molecular weight is 620 g/mol. The maximum absolute atomic E-state index is 12.5. The van der Waals surface area contributed by atoms with Gasteiger partial charge >= 0.3 is 12.1 Å². The van der Waals surface area contributed by atoms with Gasteiger partial charge in [-0.25, -0.2) is 22.7 Å². The molecule has 0 bridgehead atoms. The number of carbonyl (C=O) groups is 3. The summed E-state index contributed by atoms with van der Waals surface area (Å²) in [4.78, 5) is 43.0. The van der Waals surface area contributed by atoms with Crippen LogP contribution >= 0.6 is 0 Å². The molecule has 1 saturated carbocycles. The number of guanidine groups is 2. The van der Waals surface area contributed by atoms with Crippen LogP contribution in [0.25, 0.3) is 0 Å². The molecule has 8 N–H and O–H groups in total. The number of amides is 5. The van der Waals surface area contributed by atoms with Crippen molar-refractivity contribution in [3.63, 3.8) is 0 Å². The lowest BCUT2D eigenvalue weighted by Crippen LogP contribution is -2.45. The van der Waals surface area contributed by atoms with Crippen LogP contribution in [0.3, 0.4) is 0 Å². The van der Waals surface area contributed by atoms with E-state index in [1.54, 1.807) is 31.1 Å². The number of hydrogen-bond donors (Lipinski definition) is 6. The lowest BCUT2D eigenvalue weighted by Gasteiger charge is -2.26. The van der Waals surface area contributed by atoms with E-state index in [0.717, 1.165) is 36.8 Å². The molecule has 0 aromatic heterocycles. The van der Waals surface area contributed by atoms with Crippen LogP contribution in [0.1, 0.15) is 58.4 Å². The molecule has 5 amide bonds. The number of imide groups is 1. The van der Waals surface area contributed by atoms with Gasteiger partial charge in [-0.3, -0.25) is 15.1 Å². The van der Waals surface area contributed by atoms with Crippen LogP contribution in [-0.2, 0) is 21.2 Å². The average Bonchev–Trinajstić information content (AvgIpc) is 3.22. The van der Waals surface area contributed by atoms with Crippen LogP contribution in [0.5, 0.6) is 0 Å². The van der Waals surface area contributed by atoms with Gasteiger partial charge in [-0.05, 0) is 74.6 Å². The maximum Gasteiger partial charge on any atom is 0.328 e. The van der Waals surface area contributed by atoms with E-state index in [2.05, 4.69) is 27.3 Å². The molecule has 1 aliphatic carbocycles. The zero-order chi connectivity index (χ0) is 32.3. The lowest BCUT2D eigenvalue weighted by atomic mass is 9.87. The Hall–Kier alpha value is -4.14. The summed E-state index contributed by atoms with van der Waals surface area (Å²) in [6.45, 7) is 6.53. The largest absolute Gasteiger partial charge is 0.369 e. The molecule has 1 heterocycles. The summed E-state index contributed by atoms with van der Waals surface area (Å²) < 4.78 is 27.2. The van der Waals surface area contributed by atoms with Crippen molar-refractivity contribution in [2.45, 2.75) is 70.2 Å². The minimum Gasteiger partial charge on any atom is -0.369 e. The lowest BCUT2D eigenvalue weighted by molar-refractivity contribution is -0.123. The van der Waals surface area contributed by atoms with Crippen LogP contribution < -0.4 is 26.8 Å². The summed E-state index contributed by atoms with van der Waals surface area (Å²) >= 11 is 0. The Labute approximate surface area is 253 Å². The number of carbonyl (C=O) groups excluding carboxylic acids is 3. The van der Waals surface area contributed by atoms with Crippen molar-refractivity contribution in [2.24, 2.45) is 22.4 Å². The second-order valence-electron chi connectivity index (χ2n) is 10.9. The molecule has 3 rings (SSSR count). The van der Waals surface area contributed by atoms with E-state index in [9.17, 15) is 22.8 Å². The summed E-state index contributed by atoms with van der Waals surface area (Å²) in [6.07, 6.45) is 4.80. The Morgan fingerprint density at radius 1 is 1.12 bits per heavy atom. The molecule has 14 nitrogen and oxygen atoms in total. The van der Waals surface area contributed by atoms with Gasteiger partial charge in [0.15, 0.2) is 5.96 Å². The van der Waals surface area contributed by atoms with E-state index < -0.39 is 22.1 Å². The zero-order valence-electron chi connectivity index (χ0n) is 25.6. The molecule has 1 aliphatic heterocycles. The summed E-state index contributed by atoms with van der Waals surface area (Å²) in [7, 11) is -0.535. The number of rotatable bonds is 7. The molecule has 0 atom stereocenters. The molecule has 238 valence electrons. The quantitative estimate of drug-likeness (QED) is 0.195. The van der Waals surface area contributed by atoms with Gasteiger partial charge in [0.1, 0.15) is 0 Å². The standard InChI is InChI=1S/C24H34N4O5S.C4H11N5/c1-4-21-17(3)15-28(22(21)29)24(31)25-14-13-18-7-11-20(12-8-18)34(32,33)27-23(30)26-19-9-5-16(2)6-10-19;1-9(2)4(7)8-3(5)6/h7-8,11-12,16,19H,4-6,9-10,13-15H2,1-3H3,(H,25,31)(H2,26,27,30);1-2H3,(H5,5,6,7,8). The first-order valence-electron chi connectivity index (χ1n) is 14.2.